The summed E-state index contributed by atoms with van der Waals surface area (Å²) in [5.74, 6) is 1.68. The van der Waals surface area contributed by atoms with Gasteiger partial charge in [-0.2, -0.15) is 5.10 Å². The number of nitrogens with one attached hydrogen (secondary N) is 2. The SMILES string of the molecule is c1n[nH]c(CCCNCC2CCCOC2)n1. The van der Waals surface area contributed by atoms with Crippen LogP contribution >= 0.6 is 0 Å². The van der Waals surface area contributed by atoms with Crippen molar-refractivity contribution >= 4 is 0 Å². The molecule has 2 N–H and O–H groups in total. The van der Waals surface area contributed by atoms with Crippen molar-refractivity contribution in [1.29, 1.82) is 0 Å². The zero-order chi connectivity index (χ0) is 11.1. The van der Waals surface area contributed by atoms with Gasteiger partial charge in [-0.15, -0.1) is 0 Å². The maximum Gasteiger partial charge on any atom is 0.137 e. The lowest BCUT2D eigenvalue weighted by Crippen LogP contribution is -2.29. The van der Waals surface area contributed by atoms with Crippen molar-refractivity contribution < 1.29 is 4.74 Å². The van der Waals surface area contributed by atoms with Crippen molar-refractivity contribution in [2.45, 2.75) is 25.7 Å². The molecule has 1 aliphatic heterocycles. The number of H-pyrrole nitrogens is 1. The van der Waals surface area contributed by atoms with Gasteiger partial charge in [0.1, 0.15) is 12.2 Å². The lowest BCUT2D eigenvalue weighted by atomic mass is 10.0. The zero-order valence-corrected chi connectivity index (χ0v) is 9.61. The Morgan fingerprint density at radius 3 is 3.31 bits per heavy atom. The Labute approximate surface area is 96.0 Å². The normalized spacial score (nSPS) is 21.1. The van der Waals surface area contributed by atoms with Crippen LogP contribution in [0.25, 0.3) is 0 Å². The minimum absolute atomic E-state index is 0.707. The lowest BCUT2D eigenvalue weighted by Gasteiger charge is -2.22. The van der Waals surface area contributed by atoms with Crippen LogP contribution in [-0.2, 0) is 11.2 Å². The summed E-state index contributed by atoms with van der Waals surface area (Å²) >= 11 is 0. The van der Waals surface area contributed by atoms with Gasteiger partial charge in [-0.1, -0.05) is 0 Å². The maximum atomic E-state index is 5.43. The largest absolute Gasteiger partial charge is 0.381 e. The first-order valence-corrected chi connectivity index (χ1v) is 6.08. The molecule has 1 aliphatic rings. The van der Waals surface area contributed by atoms with Crippen molar-refractivity contribution in [3.8, 4) is 0 Å². The highest BCUT2D eigenvalue weighted by Crippen LogP contribution is 2.11. The summed E-state index contributed by atoms with van der Waals surface area (Å²) in [4.78, 5) is 4.09. The van der Waals surface area contributed by atoms with Crippen LogP contribution in [0.1, 0.15) is 25.1 Å². The van der Waals surface area contributed by atoms with Crippen LogP contribution in [0.15, 0.2) is 6.33 Å². The van der Waals surface area contributed by atoms with E-state index in [0.717, 1.165) is 45.0 Å². The first-order valence-electron chi connectivity index (χ1n) is 6.08. The lowest BCUT2D eigenvalue weighted by molar-refractivity contribution is 0.0549. The summed E-state index contributed by atoms with van der Waals surface area (Å²) in [7, 11) is 0. The van der Waals surface area contributed by atoms with Gasteiger partial charge in [-0.05, 0) is 31.7 Å². The minimum atomic E-state index is 0.707. The second kappa shape index (κ2) is 6.60. The molecule has 1 saturated heterocycles. The van der Waals surface area contributed by atoms with Crippen LogP contribution in [0.5, 0.6) is 0 Å². The fourth-order valence-electron chi connectivity index (χ4n) is 2.01. The van der Waals surface area contributed by atoms with Crippen LogP contribution in [0, 0.1) is 5.92 Å². The van der Waals surface area contributed by atoms with Crippen molar-refractivity contribution in [1.82, 2.24) is 20.5 Å². The third-order valence-corrected chi connectivity index (χ3v) is 2.92. The molecular formula is C11H20N4O. The summed E-state index contributed by atoms with van der Waals surface area (Å²) in [5, 5.41) is 10.2. The molecule has 1 aromatic heterocycles. The molecule has 5 nitrogen and oxygen atoms in total. The van der Waals surface area contributed by atoms with E-state index in [-0.39, 0.29) is 0 Å². The van der Waals surface area contributed by atoms with E-state index in [1.165, 1.54) is 12.8 Å². The smallest absolute Gasteiger partial charge is 0.137 e. The van der Waals surface area contributed by atoms with E-state index in [1.807, 2.05) is 0 Å². The summed E-state index contributed by atoms with van der Waals surface area (Å²) in [6.07, 6.45) is 6.14. The molecule has 1 atom stereocenters. The van der Waals surface area contributed by atoms with Crippen LogP contribution < -0.4 is 5.32 Å². The average Bonchev–Trinajstić information content (AvgIpc) is 2.83. The van der Waals surface area contributed by atoms with Gasteiger partial charge in [-0.3, -0.25) is 5.10 Å². The second-order valence-corrected chi connectivity index (χ2v) is 4.32. The first kappa shape index (κ1) is 11.5. The highest BCUT2D eigenvalue weighted by atomic mass is 16.5. The Balaban J connectivity index is 1.48. The molecular weight excluding hydrogens is 204 g/mol. The third-order valence-electron chi connectivity index (χ3n) is 2.92. The molecule has 0 bridgehead atoms. The summed E-state index contributed by atoms with van der Waals surface area (Å²) < 4.78 is 5.43. The molecule has 0 saturated carbocycles. The predicted molar refractivity (Wildman–Crippen MR) is 61.1 cm³/mol. The molecule has 0 amide bonds. The number of nitrogens with zero attached hydrogens (tertiary/aromatic N) is 2. The van der Waals surface area contributed by atoms with E-state index in [4.69, 9.17) is 4.74 Å². The van der Waals surface area contributed by atoms with Crippen LogP contribution in [0.4, 0.5) is 0 Å². The third kappa shape index (κ3) is 3.90. The number of rotatable bonds is 6. The standard InChI is InChI=1S/C11H20N4O/c1(4-11-13-9-14-15-11)5-12-7-10-3-2-6-16-8-10/h9-10,12H,1-8H2,(H,13,14,15). The molecule has 2 heterocycles. The molecule has 0 spiro atoms. The van der Waals surface area contributed by atoms with E-state index in [1.54, 1.807) is 6.33 Å². The first-order chi connectivity index (χ1) is 7.95. The van der Waals surface area contributed by atoms with Crippen molar-refractivity contribution in [3.05, 3.63) is 12.2 Å². The molecule has 5 heteroatoms. The minimum Gasteiger partial charge on any atom is -0.381 e. The van der Waals surface area contributed by atoms with Crippen LogP contribution in [0.3, 0.4) is 0 Å². The summed E-state index contributed by atoms with van der Waals surface area (Å²) in [6, 6.07) is 0. The highest BCUT2D eigenvalue weighted by Gasteiger charge is 2.12. The van der Waals surface area contributed by atoms with Crippen LogP contribution in [0.2, 0.25) is 0 Å². The van der Waals surface area contributed by atoms with Crippen molar-refractivity contribution in [2.24, 2.45) is 5.92 Å². The van der Waals surface area contributed by atoms with E-state index in [0.29, 0.717) is 5.92 Å². The number of aromatic nitrogens is 3. The molecule has 16 heavy (non-hydrogen) atoms. The Morgan fingerprint density at radius 2 is 2.56 bits per heavy atom. The fourth-order valence-corrected chi connectivity index (χ4v) is 2.01. The van der Waals surface area contributed by atoms with Gasteiger partial charge >= 0.3 is 0 Å². The number of hydrogen-bond donors (Lipinski definition) is 2. The van der Waals surface area contributed by atoms with E-state index in [2.05, 4.69) is 20.5 Å². The molecule has 1 aromatic rings. The van der Waals surface area contributed by atoms with Crippen molar-refractivity contribution in [3.63, 3.8) is 0 Å². The summed E-state index contributed by atoms with van der Waals surface area (Å²) in [5.41, 5.74) is 0. The van der Waals surface area contributed by atoms with E-state index < -0.39 is 0 Å². The molecule has 0 aromatic carbocycles. The van der Waals surface area contributed by atoms with Crippen LogP contribution in [-0.4, -0.2) is 41.5 Å². The van der Waals surface area contributed by atoms with Gasteiger partial charge in [0, 0.05) is 19.6 Å². The van der Waals surface area contributed by atoms with Gasteiger partial charge < -0.3 is 10.1 Å². The number of ether oxygens (including phenoxy) is 1. The molecule has 0 aliphatic carbocycles. The number of aryl methyl sites for hydroxylation is 1. The Hall–Kier alpha value is -0.940. The Kier molecular flexibility index (Phi) is 4.76. The number of hydrogen-bond acceptors (Lipinski definition) is 4. The quantitative estimate of drug-likeness (QED) is 0.700. The molecule has 0 radical (unpaired) electrons. The molecule has 1 unspecified atom stereocenters. The Morgan fingerprint density at radius 1 is 1.56 bits per heavy atom. The molecule has 2 rings (SSSR count). The zero-order valence-electron chi connectivity index (χ0n) is 9.61. The van der Waals surface area contributed by atoms with Gasteiger partial charge in [0.2, 0.25) is 0 Å². The second-order valence-electron chi connectivity index (χ2n) is 4.32. The predicted octanol–water partition coefficient (Wildman–Crippen LogP) is 0.753. The Bertz CT molecular complexity index is 270. The van der Waals surface area contributed by atoms with Crippen molar-refractivity contribution in [2.75, 3.05) is 26.3 Å². The fraction of sp³-hybridized carbons (Fsp3) is 0.818. The highest BCUT2D eigenvalue weighted by molar-refractivity contribution is 4.79. The molecule has 90 valence electrons. The topological polar surface area (TPSA) is 62.8 Å². The maximum absolute atomic E-state index is 5.43. The van der Waals surface area contributed by atoms with Gasteiger partial charge in [0.25, 0.3) is 0 Å². The van der Waals surface area contributed by atoms with Gasteiger partial charge in [-0.25, -0.2) is 4.98 Å². The number of aromatic amines is 1. The van der Waals surface area contributed by atoms with Gasteiger partial charge in [0.15, 0.2) is 0 Å². The average molecular weight is 224 g/mol. The summed E-state index contributed by atoms with van der Waals surface area (Å²) in [6.45, 7) is 3.99. The molecule has 1 fully saturated rings. The van der Waals surface area contributed by atoms with E-state index >= 15 is 0 Å². The van der Waals surface area contributed by atoms with E-state index in [9.17, 15) is 0 Å². The van der Waals surface area contributed by atoms with Gasteiger partial charge in [0.05, 0.1) is 6.61 Å². The monoisotopic (exact) mass is 224 g/mol.